The maximum absolute atomic E-state index is 14.4. The zero-order valence-corrected chi connectivity index (χ0v) is 35.6. The number of carbonyl (C=O) groups excluding carboxylic acids is 3. The highest BCUT2D eigenvalue weighted by atomic mass is 32.1. The molecule has 3 aliphatic heterocycles. The molecule has 59 heavy (non-hydrogen) atoms. The van der Waals surface area contributed by atoms with Gasteiger partial charge >= 0.3 is 5.97 Å². The topological polar surface area (TPSA) is 149 Å². The number of allylic oxidation sites excluding steroid dienone is 2. The van der Waals surface area contributed by atoms with Crippen LogP contribution >= 0.6 is 11.3 Å². The maximum Gasteiger partial charge on any atom is 0.324 e. The maximum atomic E-state index is 14.4. The van der Waals surface area contributed by atoms with Gasteiger partial charge in [0.2, 0.25) is 5.91 Å². The molecule has 2 amide bonds. The third-order valence-electron chi connectivity index (χ3n) is 11.5. The largest absolute Gasteiger partial charge is 0.464 e. The van der Waals surface area contributed by atoms with Crippen LogP contribution in [0.4, 0.5) is 0 Å². The molecule has 2 fully saturated rings. The Bertz CT molecular complexity index is 2260. The van der Waals surface area contributed by atoms with E-state index in [1.165, 1.54) is 16.3 Å². The van der Waals surface area contributed by atoms with Crippen molar-refractivity contribution in [3.05, 3.63) is 88.3 Å². The predicted octanol–water partition coefficient (Wildman–Crippen LogP) is 6.63. The number of ether oxygens (including phenoxy) is 3. The summed E-state index contributed by atoms with van der Waals surface area (Å²) < 4.78 is 20.2. The average molecular weight is 822 g/mol. The number of methoxy groups -OCH3 is 1. The van der Waals surface area contributed by atoms with E-state index in [0.29, 0.717) is 50.4 Å². The molecule has 312 valence electrons. The van der Waals surface area contributed by atoms with Gasteiger partial charge in [0.05, 0.1) is 46.8 Å². The number of pyridine rings is 1. The molecule has 14 heteroatoms. The number of aromatic nitrogens is 3. The van der Waals surface area contributed by atoms with Gasteiger partial charge in [0.1, 0.15) is 12.1 Å². The Morgan fingerprint density at radius 1 is 1.22 bits per heavy atom. The number of benzene rings is 1. The van der Waals surface area contributed by atoms with Crippen LogP contribution in [-0.4, -0.2) is 88.6 Å². The zero-order chi connectivity index (χ0) is 41.8. The van der Waals surface area contributed by atoms with Crippen molar-refractivity contribution >= 4 is 51.8 Å². The van der Waals surface area contributed by atoms with E-state index in [9.17, 15) is 14.4 Å². The summed E-state index contributed by atoms with van der Waals surface area (Å²) >= 11 is 1.45. The van der Waals surface area contributed by atoms with Gasteiger partial charge in [0, 0.05) is 84.7 Å². The molecule has 0 saturated carbocycles. The smallest absolute Gasteiger partial charge is 0.324 e. The van der Waals surface area contributed by atoms with E-state index in [4.69, 9.17) is 24.2 Å². The molecule has 6 heterocycles. The number of nitrogens with one attached hydrogen (secondary N) is 2. The molecule has 0 radical (unpaired) electrons. The van der Waals surface area contributed by atoms with Crippen LogP contribution in [0, 0.1) is 11.3 Å². The molecule has 1 aromatic carbocycles. The van der Waals surface area contributed by atoms with Crippen molar-refractivity contribution in [2.24, 2.45) is 16.3 Å². The molecule has 2 N–H and O–H groups in total. The minimum atomic E-state index is -0.950. The van der Waals surface area contributed by atoms with Crippen molar-refractivity contribution in [1.82, 2.24) is 30.3 Å². The Hall–Kier alpha value is -5.02. The minimum Gasteiger partial charge on any atom is -0.464 e. The molecule has 0 spiro atoms. The molecule has 0 unspecified atom stereocenters. The summed E-state index contributed by atoms with van der Waals surface area (Å²) in [4.78, 5) is 56.3. The van der Waals surface area contributed by atoms with E-state index in [1.807, 2.05) is 37.4 Å². The molecular formula is C45H55N7O6S. The summed E-state index contributed by atoms with van der Waals surface area (Å²) in [5.74, 6) is -1.53. The summed E-state index contributed by atoms with van der Waals surface area (Å²) in [5, 5.41) is 8.30. The molecule has 2 saturated heterocycles. The van der Waals surface area contributed by atoms with Crippen LogP contribution in [0.3, 0.4) is 0 Å². The first-order chi connectivity index (χ1) is 28.5. The molecular weight excluding hydrogens is 767 g/mol. The van der Waals surface area contributed by atoms with E-state index >= 15 is 0 Å². The summed E-state index contributed by atoms with van der Waals surface area (Å²) in [6, 6.07) is 8.40. The summed E-state index contributed by atoms with van der Waals surface area (Å²) in [7, 11) is 1.67. The van der Waals surface area contributed by atoms with Gasteiger partial charge in [-0.05, 0) is 81.8 Å². The first-order valence-electron chi connectivity index (χ1n) is 20.5. The number of aryl methyl sites for hydroxylation is 1. The lowest BCUT2D eigenvalue weighted by Gasteiger charge is -2.35. The number of fused-ring (bicyclic) bond motifs is 6. The van der Waals surface area contributed by atoms with Gasteiger partial charge in [-0.1, -0.05) is 32.6 Å². The van der Waals surface area contributed by atoms with E-state index in [1.54, 1.807) is 25.7 Å². The SMILES string of the molecule is C=C/C(=C(\N=C/C)[C@H](C)OC)c1c2c3cc(ccc3n1CC)-c1csc(n1)C[C@H](NC(=O)[C@@H]1CCO[C@H]1c1ccncc1)C(=O)N1CCC[C@H](N1)C(=O)OCC(C)(C)C2. The molecule has 4 aromatic rings. The molecule has 3 aliphatic rings. The second-order valence-corrected chi connectivity index (χ2v) is 17.1. The number of rotatable bonds is 9. The first-order valence-corrected chi connectivity index (χ1v) is 21.4. The summed E-state index contributed by atoms with van der Waals surface area (Å²) in [6.45, 7) is 16.1. The lowest BCUT2D eigenvalue weighted by atomic mass is 9.84. The second kappa shape index (κ2) is 18.1. The highest BCUT2D eigenvalue weighted by Gasteiger charge is 2.40. The minimum absolute atomic E-state index is 0.147. The Morgan fingerprint density at radius 2 is 2.02 bits per heavy atom. The molecule has 13 nitrogen and oxygen atoms in total. The Balaban J connectivity index is 1.32. The van der Waals surface area contributed by atoms with Gasteiger partial charge in [0.15, 0.2) is 0 Å². The monoisotopic (exact) mass is 821 g/mol. The van der Waals surface area contributed by atoms with Crippen molar-refractivity contribution in [3.8, 4) is 11.3 Å². The van der Waals surface area contributed by atoms with Gasteiger partial charge in [-0.25, -0.2) is 10.4 Å². The fourth-order valence-corrected chi connectivity index (χ4v) is 9.35. The van der Waals surface area contributed by atoms with Crippen molar-refractivity contribution < 1.29 is 28.6 Å². The number of nitrogens with zero attached hydrogens (tertiary/aromatic N) is 5. The van der Waals surface area contributed by atoms with E-state index in [0.717, 1.165) is 50.3 Å². The van der Waals surface area contributed by atoms with E-state index in [-0.39, 0.29) is 30.9 Å². The van der Waals surface area contributed by atoms with Crippen molar-refractivity contribution in [2.45, 2.75) is 97.6 Å². The lowest BCUT2D eigenvalue weighted by molar-refractivity contribution is -0.155. The van der Waals surface area contributed by atoms with E-state index in [2.05, 4.69) is 65.8 Å². The van der Waals surface area contributed by atoms with Gasteiger partial charge in [0.25, 0.3) is 5.91 Å². The van der Waals surface area contributed by atoms with Crippen molar-refractivity contribution in [3.63, 3.8) is 0 Å². The third-order valence-corrected chi connectivity index (χ3v) is 12.4. The van der Waals surface area contributed by atoms with Crippen LogP contribution in [0.5, 0.6) is 0 Å². The fourth-order valence-electron chi connectivity index (χ4n) is 8.50. The standard InChI is InChI=1S/C45H55N7O6S/c1-8-30(39(47-9-2)27(4)56-7)40-33-24-45(5,6)26-58-44(55)34-12-11-20-52(50-34)43(54)35(49-42(53)31-17-21-57-41(31)28-15-18-46-19-16-28)23-38-48-36(25-59-38)29-13-14-37(32(33)22-29)51(40)10-3/h8-9,13-16,18-19,22,25,27,31,34-35,41,50H,1,10-12,17,20-21,23-24,26H2,2-7H3,(H,49,53)/b39-30+,47-9-/t27-,31+,34-,35-,41-/m0/s1. The fraction of sp³-hybridized carbons (Fsp3) is 0.467. The number of carbonyl (C=O) groups is 3. The molecule has 7 rings (SSSR count). The van der Waals surface area contributed by atoms with E-state index < -0.39 is 35.5 Å². The summed E-state index contributed by atoms with van der Waals surface area (Å²) in [5.41, 5.74) is 9.97. The van der Waals surface area contributed by atoms with Gasteiger partial charge in [-0.2, -0.15) is 0 Å². The van der Waals surface area contributed by atoms with Crippen LogP contribution in [0.25, 0.3) is 27.7 Å². The number of amides is 2. The number of hydrazine groups is 1. The van der Waals surface area contributed by atoms with Crippen LogP contribution in [-0.2, 0) is 48.0 Å². The average Bonchev–Trinajstić information content (AvgIpc) is 4.00. The molecule has 3 aromatic heterocycles. The van der Waals surface area contributed by atoms with Crippen molar-refractivity contribution in [1.29, 1.82) is 0 Å². The van der Waals surface area contributed by atoms with Crippen LogP contribution < -0.4 is 10.7 Å². The number of thiazole rings is 1. The van der Waals surface area contributed by atoms with Crippen LogP contribution in [0.15, 0.2) is 71.4 Å². The van der Waals surface area contributed by atoms with Crippen LogP contribution in [0.2, 0.25) is 0 Å². The van der Waals surface area contributed by atoms with Gasteiger partial charge < -0.3 is 24.1 Å². The highest BCUT2D eigenvalue weighted by molar-refractivity contribution is 7.10. The third kappa shape index (κ3) is 8.82. The Kier molecular flexibility index (Phi) is 12.9. The van der Waals surface area contributed by atoms with Gasteiger partial charge in [-0.15, -0.1) is 11.3 Å². The predicted molar refractivity (Wildman–Crippen MR) is 229 cm³/mol. The molecule has 6 bridgehead atoms. The Labute approximate surface area is 349 Å². The summed E-state index contributed by atoms with van der Waals surface area (Å²) in [6.07, 6.45) is 8.59. The van der Waals surface area contributed by atoms with Crippen molar-refractivity contribution in [2.75, 3.05) is 26.9 Å². The first kappa shape index (κ1) is 42.1. The number of hydrogen-bond acceptors (Lipinski definition) is 11. The number of aliphatic imine (C=N–C) groups is 1. The Morgan fingerprint density at radius 3 is 2.75 bits per heavy atom. The highest BCUT2D eigenvalue weighted by Crippen LogP contribution is 2.40. The molecule has 5 atom stereocenters. The number of esters is 1. The van der Waals surface area contributed by atoms with Gasteiger partial charge in [-0.3, -0.25) is 29.4 Å². The lowest BCUT2D eigenvalue weighted by Crippen LogP contribution is -2.60. The molecule has 0 aliphatic carbocycles. The zero-order valence-electron chi connectivity index (χ0n) is 34.8. The second-order valence-electron chi connectivity index (χ2n) is 16.2. The quantitative estimate of drug-likeness (QED) is 0.108. The van der Waals surface area contributed by atoms with Crippen LogP contribution in [0.1, 0.15) is 81.8 Å². The number of hydrogen-bond donors (Lipinski definition) is 2. The number of cyclic esters (lactones) is 1. The normalized spacial score (nSPS) is 23.5.